The maximum Gasteiger partial charge on any atom is 0.0541 e. The zero-order valence-corrected chi connectivity index (χ0v) is 13.4. The zero-order valence-electron chi connectivity index (χ0n) is 13.4. The predicted molar refractivity (Wildman–Crippen MR) is 98.2 cm³/mol. The van der Waals surface area contributed by atoms with Gasteiger partial charge >= 0.3 is 0 Å². The minimum Gasteiger partial charge on any atom is -0.309 e. The minimum absolute atomic E-state index is 1.13. The van der Waals surface area contributed by atoms with Crippen LogP contribution in [0.5, 0.6) is 0 Å². The molecule has 0 unspecified atom stereocenters. The van der Waals surface area contributed by atoms with Crippen molar-refractivity contribution in [2.24, 2.45) is 0 Å². The van der Waals surface area contributed by atoms with Crippen molar-refractivity contribution in [1.82, 2.24) is 4.57 Å². The highest BCUT2D eigenvalue weighted by molar-refractivity contribution is 6.10. The van der Waals surface area contributed by atoms with Crippen molar-refractivity contribution in [1.29, 1.82) is 0 Å². The van der Waals surface area contributed by atoms with Crippen molar-refractivity contribution >= 4 is 27.5 Å². The molecule has 0 aliphatic heterocycles. The third kappa shape index (κ3) is 2.29. The molecule has 0 bridgehead atoms. The third-order valence-electron chi connectivity index (χ3n) is 3.96. The van der Waals surface area contributed by atoms with Crippen LogP contribution in [0.3, 0.4) is 0 Å². The quantitative estimate of drug-likeness (QED) is 0.519. The van der Waals surface area contributed by atoms with E-state index in [9.17, 15) is 0 Å². The summed E-state index contributed by atoms with van der Waals surface area (Å²) in [6.07, 6.45) is 8.09. The Morgan fingerprint density at radius 2 is 1.50 bits per heavy atom. The fourth-order valence-corrected chi connectivity index (χ4v) is 3.03. The molecule has 3 rings (SSSR count). The predicted octanol–water partition coefficient (Wildman–Crippen LogP) is 6.01. The minimum atomic E-state index is 1.13. The van der Waals surface area contributed by atoms with Crippen LogP contribution in [0.25, 0.3) is 27.5 Å². The van der Waals surface area contributed by atoms with E-state index in [-0.39, 0.29) is 0 Å². The van der Waals surface area contributed by atoms with Crippen LogP contribution < -0.4 is 0 Å². The Hall–Kier alpha value is -2.54. The monoisotopic (exact) mass is 287 g/mol. The first-order chi connectivity index (χ1) is 10.7. The second-order valence-corrected chi connectivity index (χ2v) is 5.70. The van der Waals surface area contributed by atoms with Gasteiger partial charge in [0, 0.05) is 16.5 Å². The number of allylic oxidation sites excluding steroid dienone is 5. The number of hydrogen-bond acceptors (Lipinski definition) is 0. The van der Waals surface area contributed by atoms with E-state index >= 15 is 0 Å². The summed E-state index contributed by atoms with van der Waals surface area (Å²) in [4.78, 5) is 0. The number of aryl methyl sites for hydroxylation is 2. The molecule has 0 fully saturated rings. The highest BCUT2D eigenvalue weighted by Gasteiger charge is 2.12. The van der Waals surface area contributed by atoms with Gasteiger partial charge in [-0.3, -0.25) is 0 Å². The van der Waals surface area contributed by atoms with E-state index in [0.717, 1.165) is 5.70 Å². The van der Waals surface area contributed by atoms with Crippen LogP contribution in [0.15, 0.2) is 67.3 Å². The van der Waals surface area contributed by atoms with E-state index in [1.807, 2.05) is 13.0 Å². The molecule has 0 N–H and O–H groups in total. The van der Waals surface area contributed by atoms with Gasteiger partial charge in [0.1, 0.15) is 0 Å². The summed E-state index contributed by atoms with van der Waals surface area (Å²) in [6, 6.07) is 13.3. The fourth-order valence-electron chi connectivity index (χ4n) is 3.03. The molecule has 1 heteroatoms. The maximum absolute atomic E-state index is 3.86. The van der Waals surface area contributed by atoms with Crippen LogP contribution in [-0.4, -0.2) is 4.57 Å². The lowest BCUT2D eigenvalue weighted by Crippen LogP contribution is -1.94. The SMILES string of the molecule is C=C/C=C(\C=C/C)n1c2ccc(C)cc2c2cc(C)ccc21. The third-order valence-corrected chi connectivity index (χ3v) is 3.96. The number of fused-ring (bicyclic) bond motifs is 3. The van der Waals surface area contributed by atoms with Crippen molar-refractivity contribution in [2.75, 3.05) is 0 Å². The van der Waals surface area contributed by atoms with Crippen LogP contribution in [0, 0.1) is 13.8 Å². The van der Waals surface area contributed by atoms with Gasteiger partial charge in [-0.25, -0.2) is 0 Å². The second-order valence-electron chi connectivity index (χ2n) is 5.70. The molecule has 3 aromatic rings. The normalized spacial score (nSPS) is 12.6. The summed E-state index contributed by atoms with van der Waals surface area (Å²) >= 11 is 0. The van der Waals surface area contributed by atoms with Crippen molar-refractivity contribution in [3.8, 4) is 0 Å². The lowest BCUT2D eigenvalue weighted by molar-refractivity contribution is 1.23. The number of benzene rings is 2. The molecule has 22 heavy (non-hydrogen) atoms. The molecule has 0 amide bonds. The Morgan fingerprint density at radius 1 is 0.955 bits per heavy atom. The standard InChI is InChI=1S/C21H21N/c1-5-7-17(8-6-2)22-20-11-9-15(3)13-18(20)19-14-16(4)10-12-21(19)22/h5-14H,1H2,2-4H3/b8-6-,17-7+. The number of rotatable bonds is 3. The van der Waals surface area contributed by atoms with Gasteiger partial charge in [-0.1, -0.05) is 42.0 Å². The van der Waals surface area contributed by atoms with Gasteiger partial charge in [-0.05, 0) is 57.2 Å². The van der Waals surface area contributed by atoms with Gasteiger partial charge in [0.25, 0.3) is 0 Å². The van der Waals surface area contributed by atoms with Crippen molar-refractivity contribution in [2.45, 2.75) is 20.8 Å². The maximum atomic E-state index is 3.86. The Morgan fingerprint density at radius 3 is 1.95 bits per heavy atom. The van der Waals surface area contributed by atoms with Crippen LogP contribution in [0.4, 0.5) is 0 Å². The molecule has 0 spiro atoms. The number of nitrogens with zero attached hydrogens (tertiary/aromatic N) is 1. The van der Waals surface area contributed by atoms with Crippen molar-refractivity contribution in [3.63, 3.8) is 0 Å². The molecule has 2 aromatic carbocycles. The second kappa shape index (κ2) is 5.69. The Labute approximate surface area is 131 Å². The smallest absolute Gasteiger partial charge is 0.0541 e. The van der Waals surface area contributed by atoms with Gasteiger partial charge in [-0.2, -0.15) is 0 Å². The van der Waals surface area contributed by atoms with Gasteiger partial charge in [0.15, 0.2) is 0 Å². The van der Waals surface area contributed by atoms with E-state index in [1.165, 1.54) is 32.9 Å². The lowest BCUT2D eigenvalue weighted by atomic mass is 10.1. The molecule has 0 saturated carbocycles. The van der Waals surface area contributed by atoms with Gasteiger partial charge < -0.3 is 4.57 Å². The van der Waals surface area contributed by atoms with Gasteiger partial charge in [-0.15, -0.1) is 0 Å². The Kier molecular flexibility index (Phi) is 3.72. The summed E-state index contributed by atoms with van der Waals surface area (Å²) in [5, 5.41) is 2.61. The summed E-state index contributed by atoms with van der Waals surface area (Å²) in [5.74, 6) is 0. The van der Waals surface area contributed by atoms with Crippen LogP contribution >= 0.6 is 0 Å². The first kappa shape index (κ1) is 14.4. The summed E-state index contributed by atoms with van der Waals surface area (Å²) in [6.45, 7) is 10.2. The van der Waals surface area contributed by atoms with Crippen molar-refractivity contribution < 1.29 is 0 Å². The first-order valence-electron chi connectivity index (χ1n) is 7.63. The molecule has 1 nitrogen and oxygen atoms in total. The Bertz CT molecular complexity index is 861. The molecule has 1 heterocycles. The molecule has 1 aromatic heterocycles. The average molecular weight is 287 g/mol. The van der Waals surface area contributed by atoms with Crippen LogP contribution in [0.2, 0.25) is 0 Å². The van der Waals surface area contributed by atoms with E-state index in [1.54, 1.807) is 0 Å². The molecule has 0 aliphatic rings. The van der Waals surface area contributed by atoms with Crippen LogP contribution in [-0.2, 0) is 0 Å². The molecule has 0 aliphatic carbocycles. The largest absolute Gasteiger partial charge is 0.309 e. The zero-order chi connectivity index (χ0) is 15.7. The van der Waals surface area contributed by atoms with Crippen molar-refractivity contribution in [3.05, 3.63) is 78.4 Å². The van der Waals surface area contributed by atoms with E-state index in [4.69, 9.17) is 0 Å². The highest BCUT2D eigenvalue weighted by atomic mass is 15.0. The molecule has 0 radical (unpaired) electrons. The lowest BCUT2D eigenvalue weighted by Gasteiger charge is -2.08. The summed E-state index contributed by atoms with van der Waals surface area (Å²) in [5.41, 5.74) is 6.17. The van der Waals surface area contributed by atoms with E-state index < -0.39 is 0 Å². The van der Waals surface area contributed by atoms with Crippen LogP contribution in [0.1, 0.15) is 18.1 Å². The fraction of sp³-hybridized carbons (Fsp3) is 0.143. The molecular formula is C21H21N. The number of aromatic nitrogens is 1. The summed E-state index contributed by atoms with van der Waals surface area (Å²) < 4.78 is 2.31. The molecule has 0 atom stereocenters. The van der Waals surface area contributed by atoms with Gasteiger partial charge in [0.2, 0.25) is 0 Å². The van der Waals surface area contributed by atoms with Gasteiger partial charge in [0.05, 0.1) is 11.0 Å². The van der Waals surface area contributed by atoms with E-state index in [2.05, 4.69) is 79.6 Å². The van der Waals surface area contributed by atoms with E-state index in [0.29, 0.717) is 0 Å². The molecular weight excluding hydrogens is 266 g/mol. The Balaban J connectivity index is 2.50. The highest BCUT2D eigenvalue weighted by Crippen LogP contribution is 2.33. The topological polar surface area (TPSA) is 4.93 Å². The molecule has 110 valence electrons. The average Bonchev–Trinajstić information content (AvgIpc) is 2.80. The molecule has 0 saturated heterocycles. The summed E-state index contributed by atoms with van der Waals surface area (Å²) in [7, 11) is 0. The number of hydrogen-bond donors (Lipinski definition) is 0. The first-order valence-corrected chi connectivity index (χ1v) is 7.63.